The fourth-order valence-electron chi connectivity index (χ4n) is 0.822. The van der Waals surface area contributed by atoms with E-state index in [1.54, 1.807) is 10.9 Å². The van der Waals surface area contributed by atoms with Crippen molar-refractivity contribution in [3.05, 3.63) is 18.5 Å². The minimum atomic E-state index is -0.126. The van der Waals surface area contributed by atoms with Crippen LogP contribution in [-0.2, 0) is 6.54 Å². The summed E-state index contributed by atoms with van der Waals surface area (Å²) in [7, 11) is 0. The van der Waals surface area contributed by atoms with Gasteiger partial charge in [0.25, 0.3) is 0 Å². The number of aliphatic hydroxyl groups is 1. The van der Waals surface area contributed by atoms with E-state index in [2.05, 4.69) is 5.10 Å². The number of aliphatic hydroxyl groups excluding tert-OH is 1. The Morgan fingerprint density at radius 1 is 1.64 bits per heavy atom. The molecule has 1 rings (SSSR count). The molecule has 4 heteroatoms. The number of rotatable bonds is 4. The number of nitrogens with two attached hydrogens (primary N) is 1. The first-order valence-corrected chi connectivity index (χ1v) is 3.67. The normalized spacial score (nSPS) is 13.3. The van der Waals surface area contributed by atoms with E-state index in [1.165, 1.54) is 0 Å². The van der Waals surface area contributed by atoms with E-state index < -0.39 is 0 Å². The van der Waals surface area contributed by atoms with Crippen LogP contribution in [0.25, 0.3) is 0 Å². The van der Waals surface area contributed by atoms with Crippen LogP contribution in [0.2, 0.25) is 0 Å². The van der Waals surface area contributed by atoms with Gasteiger partial charge in [0.1, 0.15) is 0 Å². The van der Waals surface area contributed by atoms with Crippen molar-refractivity contribution in [3.63, 3.8) is 0 Å². The summed E-state index contributed by atoms with van der Waals surface area (Å²) in [5, 5.41) is 12.6. The van der Waals surface area contributed by atoms with Crippen LogP contribution in [0.5, 0.6) is 0 Å². The zero-order valence-corrected chi connectivity index (χ0v) is 6.35. The minimum absolute atomic E-state index is 0.0429. The highest BCUT2D eigenvalue weighted by Crippen LogP contribution is 1.92. The molecule has 1 aromatic rings. The summed E-state index contributed by atoms with van der Waals surface area (Å²) in [5.41, 5.74) is 5.50. The number of nitrogens with zero attached hydrogens (tertiary/aromatic N) is 2. The molecule has 0 amide bonds. The van der Waals surface area contributed by atoms with Crippen LogP contribution < -0.4 is 5.73 Å². The molecule has 0 saturated carbocycles. The van der Waals surface area contributed by atoms with Crippen LogP contribution in [-0.4, -0.2) is 27.5 Å². The second-order valence-electron chi connectivity index (χ2n) is 2.50. The number of aromatic nitrogens is 2. The first-order chi connectivity index (χ1) is 5.33. The Hall–Kier alpha value is -0.870. The molecule has 0 aliphatic heterocycles. The first kappa shape index (κ1) is 8.23. The van der Waals surface area contributed by atoms with Gasteiger partial charge in [-0.15, -0.1) is 0 Å². The summed E-state index contributed by atoms with van der Waals surface area (Å²) >= 11 is 0. The van der Waals surface area contributed by atoms with Gasteiger partial charge in [-0.2, -0.15) is 5.10 Å². The molecule has 0 radical (unpaired) electrons. The fraction of sp³-hybridized carbons (Fsp3) is 0.571. The minimum Gasteiger partial charge on any atom is -0.395 e. The molecule has 0 saturated heterocycles. The molecule has 0 spiro atoms. The summed E-state index contributed by atoms with van der Waals surface area (Å²) in [6.45, 7) is 0.815. The molecule has 1 heterocycles. The molecule has 0 aliphatic rings. The molecule has 0 fully saturated rings. The van der Waals surface area contributed by atoms with Crippen LogP contribution >= 0.6 is 0 Å². The molecule has 0 aliphatic carbocycles. The van der Waals surface area contributed by atoms with Crippen molar-refractivity contribution < 1.29 is 5.11 Å². The zero-order chi connectivity index (χ0) is 8.10. The Kier molecular flexibility index (Phi) is 3.07. The van der Waals surface area contributed by atoms with Gasteiger partial charge in [-0.1, -0.05) is 0 Å². The molecule has 0 aromatic carbocycles. The highest BCUT2D eigenvalue weighted by Gasteiger charge is 1.99. The zero-order valence-electron chi connectivity index (χ0n) is 6.35. The Labute approximate surface area is 65.6 Å². The number of aryl methyl sites for hydroxylation is 1. The number of hydrogen-bond acceptors (Lipinski definition) is 3. The van der Waals surface area contributed by atoms with Crippen molar-refractivity contribution in [1.82, 2.24) is 9.78 Å². The van der Waals surface area contributed by atoms with Crippen LogP contribution in [0, 0.1) is 0 Å². The lowest BCUT2D eigenvalue weighted by Crippen LogP contribution is -2.25. The van der Waals surface area contributed by atoms with Gasteiger partial charge in [0.2, 0.25) is 0 Å². The van der Waals surface area contributed by atoms with Crippen molar-refractivity contribution in [1.29, 1.82) is 0 Å². The van der Waals surface area contributed by atoms with E-state index in [9.17, 15) is 0 Å². The van der Waals surface area contributed by atoms with Crippen molar-refractivity contribution in [2.45, 2.75) is 19.0 Å². The van der Waals surface area contributed by atoms with Gasteiger partial charge in [0, 0.05) is 25.0 Å². The summed E-state index contributed by atoms with van der Waals surface area (Å²) in [4.78, 5) is 0. The molecular weight excluding hydrogens is 142 g/mol. The highest BCUT2D eigenvalue weighted by atomic mass is 16.3. The third kappa shape index (κ3) is 2.69. The first-order valence-electron chi connectivity index (χ1n) is 3.67. The Morgan fingerprint density at radius 2 is 2.45 bits per heavy atom. The summed E-state index contributed by atoms with van der Waals surface area (Å²) in [5.74, 6) is 0. The summed E-state index contributed by atoms with van der Waals surface area (Å²) in [6, 6.07) is 1.74. The molecule has 0 bridgehead atoms. The van der Waals surface area contributed by atoms with Gasteiger partial charge in [-0.05, 0) is 12.5 Å². The van der Waals surface area contributed by atoms with Gasteiger partial charge in [-0.3, -0.25) is 4.68 Å². The summed E-state index contributed by atoms with van der Waals surface area (Å²) in [6.07, 6.45) is 4.37. The van der Waals surface area contributed by atoms with Crippen LogP contribution in [0.15, 0.2) is 18.5 Å². The maximum atomic E-state index is 8.61. The predicted molar refractivity (Wildman–Crippen MR) is 41.9 cm³/mol. The maximum Gasteiger partial charge on any atom is 0.0583 e. The molecule has 1 atom stereocenters. The lowest BCUT2D eigenvalue weighted by molar-refractivity contribution is 0.255. The fourth-order valence-corrected chi connectivity index (χ4v) is 0.822. The third-order valence-corrected chi connectivity index (χ3v) is 1.52. The van der Waals surface area contributed by atoms with E-state index in [0.29, 0.717) is 0 Å². The highest BCUT2D eigenvalue weighted by molar-refractivity contribution is 4.77. The average molecular weight is 155 g/mol. The number of hydrogen-bond donors (Lipinski definition) is 2. The maximum absolute atomic E-state index is 8.61. The van der Waals surface area contributed by atoms with Gasteiger partial charge in [0.05, 0.1) is 6.61 Å². The van der Waals surface area contributed by atoms with Crippen molar-refractivity contribution >= 4 is 0 Å². The Morgan fingerprint density at radius 3 is 3.00 bits per heavy atom. The SMILES string of the molecule is N[C@@H](CO)CCn1cccn1. The molecular formula is C7H13N3O. The van der Waals surface area contributed by atoms with E-state index in [1.807, 2.05) is 12.3 Å². The van der Waals surface area contributed by atoms with Crippen LogP contribution in [0.4, 0.5) is 0 Å². The standard InChI is InChI=1S/C7H13N3O/c8-7(6-11)2-5-10-4-1-3-9-10/h1,3-4,7,11H,2,5-6,8H2/t7-/m1/s1. The molecule has 3 N–H and O–H groups in total. The van der Waals surface area contributed by atoms with Gasteiger partial charge in [-0.25, -0.2) is 0 Å². The Bertz CT molecular complexity index is 186. The largest absolute Gasteiger partial charge is 0.395 e. The van der Waals surface area contributed by atoms with Gasteiger partial charge >= 0.3 is 0 Å². The molecule has 11 heavy (non-hydrogen) atoms. The third-order valence-electron chi connectivity index (χ3n) is 1.52. The molecule has 4 nitrogen and oxygen atoms in total. The molecule has 0 unspecified atom stereocenters. The van der Waals surface area contributed by atoms with Crippen LogP contribution in [0.1, 0.15) is 6.42 Å². The summed E-state index contributed by atoms with van der Waals surface area (Å²) < 4.78 is 1.80. The Balaban J connectivity index is 2.23. The second kappa shape index (κ2) is 4.10. The van der Waals surface area contributed by atoms with Crippen molar-refractivity contribution in [2.24, 2.45) is 5.73 Å². The molecule has 62 valence electrons. The van der Waals surface area contributed by atoms with Crippen LogP contribution in [0.3, 0.4) is 0 Å². The van der Waals surface area contributed by atoms with Gasteiger partial charge in [0.15, 0.2) is 0 Å². The smallest absolute Gasteiger partial charge is 0.0583 e. The topological polar surface area (TPSA) is 64.1 Å². The van der Waals surface area contributed by atoms with E-state index in [-0.39, 0.29) is 12.6 Å². The quantitative estimate of drug-likeness (QED) is 0.621. The van der Waals surface area contributed by atoms with E-state index in [4.69, 9.17) is 10.8 Å². The van der Waals surface area contributed by atoms with E-state index in [0.717, 1.165) is 13.0 Å². The van der Waals surface area contributed by atoms with E-state index >= 15 is 0 Å². The lowest BCUT2D eigenvalue weighted by atomic mass is 10.2. The second-order valence-corrected chi connectivity index (χ2v) is 2.50. The van der Waals surface area contributed by atoms with Crippen molar-refractivity contribution in [3.8, 4) is 0 Å². The monoisotopic (exact) mass is 155 g/mol. The average Bonchev–Trinajstić information content (AvgIpc) is 2.52. The van der Waals surface area contributed by atoms with Crippen molar-refractivity contribution in [2.75, 3.05) is 6.61 Å². The predicted octanol–water partition coefficient (Wildman–Crippen LogP) is -0.407. The lowest BCUT2D eigenvalue weighted by Gasteiger charge is -2.06. The van der Waals surface area contributed by atoms with Gasteiger partial charge < -0.3 is 10.8 Å². The molecule has 1 aromatic heterocycles.